The molecule has 1 N–H and O–H groups in total. The third-order valence-corrected chi connectivity index (χ3v) is 7.75. The average Bonchev–Trinajstić information content (AvgIpc) is 2.87. The number of ether oxygens (including phenoxy) is 1. The van der Waals surface area contributed by atoms with Gasteiger partial charge in [-0.3, -0.25) is 4.79 Å². The number of amides is 1. The zero-order valence-electron chi connectivity index (χ0n) is 19.0. The van der Waals surface area contributed by atoms with Gasteiger partial charge in [-0.25, -0.2) is 8.42 Å². The van der Waals surface area contributed by atoms with E-state index >= 15 is 0 Å². The lowest BCUT2D eigenvalue weighted by atomic mass is 10.2. The number of benzene rings is 4. The molecule has 0 fully saturated rings. The lowest BCUT2D eigenvalue weighted by Gasteiger charge is -2.22. The summed E-state index contributed by atoms with van der Waals surface area (Å²) in [5, 5.41) is 3.18. The van der Waals surface area contributed by atoms with E-state index in [9.17, 15) is 13.2 Å². The number of halogens is 2. The first-order valence-electron chi connectivity index (χ1n) is 10.9. The van der Waals surface area contributed by atoms with Crippen molar-refractivity contribution in [2.45, 2.75) is 11.4 Å². The van der Waals surface area contributed by atoms with Gasteiger partial charge in [0.15, 0.2) is 0 Å². The van der Waals surface area contributed by atoms with Crippen LogP contribution in [-0.4, -0.2) is 25.2 Å². The molecule has 0 heterocycles. The highest BCUT2D eigenvalue weighted by Crippen LogP contribution is 2.24. The summed E-state index contributed by atoms with van der Waals surface area (Å²) in [4.78, 5) is 13.0. The molecular formula is C27H22BrClN2O4S. The summed E-state index contributed by atoms with van der Waals surface area (Å²) < 4.78 is 34.6. The van der Waals surface area contributed by atoms with E-state index in [1.807, 2.05) is 42.5 Å². The number of rotatable bonds is 9. The van der Waals surface area contributed by atoms with E-state index in [0.717, 1.165) is 14.3 Å². The van der Waals surface area contributed by atoms with Crippen LogP contribution in [0.1, 0.15) is 5.56 Å². The van der Waals surface area contributed by atoms with Crippen molar-refractivity contribution in [2.24, 2.45) is 0 Å². The van der Waals surface area contributed by atoms with Crippen molar-refractivity contribution in [3.05, 3.63) is 118 Å². The quantitative estimate of drug-likeness (QED) is 0.236. The summed E-state index contributed by atoms with van der Waals surface area (Å²) in [6.07, 6.45) is 0. The topological polar surface area (TPSA) is 75.7 Å². The predicted molar refractivity (Wildman–Crippen MR) is 145 cm³/mol. The van der Waals surface area contributed by atoms with E-state index in [-0.39, 0.29) is 18.0 Å². The number of carbonyl (C=O) groups excluding carboxylic acids is 1. The smallest absolute Gasteiger partial charge is 0.243 e. The van der Waals surface area contributed by atoms with Crippen LogP contribution in [0.2, 0.25) is 5.02 Å². The fourth-order valence-corrected chi connectivity index (χ4v) is 5.14. The van der Waals surface area contributed by atoms with Gasteiger partial charge in [0.25, 0.3) is 0 Å². The molecule has 6 nitrogen and oxygen atoms in total. The monoisotopic (exact) mass is 584 g/mol. The number of hydrogen-bond acceptors (Lipinski definition) is 4. The maximum absolute atomic E-state index is 13.4. The maximum atomic E-state index is 13.4. The highest BCUT2D eigenvalue weighted by molar-refractivity contribution is 9.10. The molecule has 0 spiro atoms. The molecule has 4 aromatic rings. The Morgan fingerprint density at radius 3 is 2.08 bits per heavy atom. The summed E-state index contributed by atoms with van der Waals surface area (Å²) in [6.45, 7) is -0.348. The first kappa shape index (κ1) is 25.9. The fourth-order valence-electron chi connectivity index (χ4n) is 3.37. The van der Waals surface area contributed by atoms with Crippen molar-refractivity contribution in [1.29, 1.82) is 0 Å². The lowest BCUT2D eigenvalue weighted by molar-refractivity contribution is -0.116. The van der Waals surface area contributed by atoms with Crippen LogP contribution in [0.4, 0.5) is 5.69 Å². The molecule has 36 heavy (non-hydrogen) atoms. The SMILES string of the molecule is O=C(CN(Cc1ccc(Br)cc1)S(=O)(=O)c1ccc(Cl)cc1)Nc1ccc(Oc2ccccc2)cc1. The average molecular weight is 586 g/mol. The Bertz CT molecular complexity index is 1410. The van der Waals surface area contributed by atoms with Crippen molar-refractivity contribution in [2.75, 3.05) is 11.9 Å². The Morgan fingerprint density at radius 1 is 0.833 bits per heavy atom. The lowest BCUT2D eigenvalue weighted by Crippen LogP contribution is -2.37. The van der Waals surface area contributed by atoms with Gasteiger partial charge < -0.3 is 10.1 Å². The van der Waals surface area contributed by atoms with Crippen LogP contribution in [0, 0.1) is 0 Å². The molecule has 0 saturated carbocycles. The van der Waals surface area contributed by atoms with Gasteiger partial charge in [0.1, 0.15) is 11.5 Å². The molecule has 0 aliphatic carbocycles. The van der Waals surface area contributed by atoms with Gasteiger partial charge in [0, 0.05) is 21.7 Å². The van der Waals surface area contributed by atoms with Crippen LogP contribution in [0.15, 0.2) is 112 Å². The predicted octanol–water partition coefficient (Wildman–Crippen LogP) is 6.72. The molecule has 0 saturated heterocycles. The first-order chi connectivity index (χ1) is 17.3. The Labute approximate surface area is 223 Å². The number of anilines is 1. The largest absolute Gasteiger partial charge is 0.457 e. The van der Waals surface area contributed by atoms with Crippen LogP contribution < -0.4 is 10.1 Å². The van der Waals surface area contributed by atoms with Crippen LogP contribution in [0.25, 0.3) is 0 Å². The molecule has 4 rings (SSSR count). The zero-order chi connectivity index (χ0) is 25.5. The van der Waals surface area contributed by atoms with Gasteiger partial charge >= 0.3 is 0 Å². The van der Waals surface area contributed by atoms with Crippen molar-refractivity contribution in [3.8, 4) is 11.5 Å². The molecule has 184 valence electrons. The summed E-state index contributed by atoms with van der Waals surface area (Å²) in [6, 6.07) is 29.3. The minimum atomic E-state index is -3.97. The molecule has 0 aliphatic rings. The molecule has 1 amide bonds. The normalized spacial score (nSPS) is 11.3. The number of carbonyl (C=O) groups is 1. The van der Waals surface area contributed by atoms with E-state index < -0.39 is 15.9 Å². The molecule has 0 bridgehead atoms. The summed E-state index contributed by atoms with van der Waals surface area (Å²) in [5.74, 6) is 0.841. The second-order valence-electron chi connectivity index (χ2n) is 7.84. The van der Waals surface area contributed by atoms with Gasteiger partial charge in [0.2, 0.25) is 15.9 Å². The van der Waals surface area contributed by atoms with E-state index in [4.69, 9.17) is 16.3 Å². The van der Waals surface area contributed by atoms with Crippen LogP contribution in [0.5, 0.6) is 11.5 Å². The molecule has 4 aromatic carbocycles. The van der Waals surface area contributed by atoms with Gasteiger partial charge in [-0.2, -0.15) is 4.31 Å². The van der Waals surface area contributed by atoms with Crippen molar-refractivity contribution in [1.82, 2.24) is 4.31 Å². The number of nitrogens with one attached hydrogen (secondary N) is 1. The molecule has 0 radical (unpaired) electrons. The van der Waals surface area contributed by atoms with Crippen molar-refractivity contribution < 1.29 is 17.9 Å². The standard InChI is InChI=1S/C27H22BrClN2O4S/c28-21-8-6-20(7-9-21)18-31(36(33,34)26-16-10-22(29)11-17-26)19-27(32)30-23-12-14-25(15-13-23)35-24-4-2-1-3-5-24/h1-17H,18-19H2,(H,30,32). The summed E-state index contributed by atoms with van der Waals surface area (Å²) in [5.41, 5.74) is 1.26. The maximum Gasteiger partial charge on any atom is 0.243 e. The van der Waals surface area contributed by atoms with Gasteiger partial charge in [-0.05, 0) is 78.4 Å². The summed E-state index contributed by atoms with van der Waals surface area (Å²) >= 11 is 9.31. The summed E-state index contributed by atoms with van der Waals surface area (Å²) in [7, 11) is -3.97. The highest BCUT2D eigenvalue weighted by Gasteiger charge is 2.27. The van der Waals surface area contributed by atoms with E-state index in [1.54, 1.807) is 36.4 Å². The van der Waals surface area contributed by atoms with Crippen molar-refractivity contribution in [3.63, 3.8) is 0 Å². The highest BCUT2D eigenvalue weighted by atomic mass is 79.9. The fraction of sp³-hybridized carbons (Fsp3) is 0.0741. The minimum Gasteiger partial charge on any atom is -0.457 e. The molecular weight excluding hydrogens is 564 g/mol. The van der Waals surface area contributed by atoms with E-state index in [2.05, 4.69) is 21.2 Å². The minimum absolute atomic E-state index is 0.0233. The van der Waals surface area contributed by atoms with E-state index in [1.165, 1.54) is 24.3 Å². The zero-order valence-corrected chi connectivity index (χ0v) is 22.1. The van der Waals surface area contributed by atoms with Gasteiger partial charge in [-0.15, -0.1) is 0 Å². The Kier molecular flexibility index (Phi) is 8.43. The van der Waals surface area contributed by atoms with E-state index in [0.29, 0.717) is 22.2 Å². The number of sulfonamides is 1. The van der Waals surface area contributed by atoms with Crippen LogP contribution >= 0.6 is 27.5 Å². The van der Waals surface area contributed by atoms with Gasteiger partial charge in [0.05, 0.1) is 11.4 Å². The van der Waals surface area contributed by atoms with Crippen LogP contribution in [0.3, 0.4) is 0 Å². The van der Waals surface area contributed by atoms with Crippen molar-refractivity contribution >= 4 is 49.1 Å². The number of nitrogens with zero attached hydrogens (tertiary/aromatic N) is 1. The Balaban J connectivity index is 1.49. The third-order valence-electron chi connectivity index (χ3n) is 5.16. The third kappa shape index (κ3) is 6.95. The Morgan fingerprint density at radius 2 is 1.44 bits per heavy atom. The van der Waals surface area contributed by atoms with Gasteiger partial charge in [-0.1, -0.05) is 57.9 Å². The molecule has 0 aromatic heterocycles. The number of para-hydroxylation sites is 1. The molecule has 0 atom stereocenters. The second kappa shape index (κ2) is 11.7. The van der Waals surface area contributed by atoms with Crippen LogP contribution in [-0.2, 0) is 21.4 Å². The Hall–Kier alpha value is -3.17. The molecule has 0 aliphatic heterocycles. The molecule has 0 unspecified atom stereocenters. The number of hydrogen-bond donors (Lipinski definition) is 1. The first-order valence-corrected chi connectivity index (χ1v) is 13.5. The molecule has 9 heteroatoms. The second-order valence-corrected chi connectivity index (χ2v) is 11.1.